The predicted molar refractivity (Wildman–Crippen MR) is 126 cm³/mol. The maximum Gasteiger partial charge on any atom is 0.410 e. The molecule has 0 atom stereocenters. The van der Waals surface area contributed by atoms with Crippen molar-refractivity contribution in [3.8, 4) is 11.5 Å². The number of benzene rings is 2. The van der Waals surface area contributed by atoms with Crippen LogP contribution in [0.1, 0.15) is 38.2 Å². The van der Waals surface area contributed by atoms with Gasteiger partial charge in [-0.1, -0.05) is 30.3 Å². The van der Waals surface area contributed by atoms with Gasteiger partial charge in [0, 0.05) is 36.3 Å². The van der Waals surface area contributed by atoms with Crippen molar-refractivity contribution in [1.82, 2.24) is 4.90 Å². The first-order valence-electron chi connectivity index (χ1n) is 11.5. The number of hydrogen-bond acceptors (Lipinski definition) is 6. The molecule has 1 saturated carbocycles. The number of Topliss-reactive ketones (excluding diaryl/α,β-unsaturated/α-hetero) is 1. The van der Waals surface area contributed by atoms with Gasteiger partial charge in [-0.25, -0.2) is 4.79 Å². The molecule has 0 aromatic heterocycles. The molecule has 7 nitrogen and oxygen atoms in total. The third kappa shape index (κ3) is 6.18. The van der Waals surface area contributed by atoms with E-state index in [0.717, 1.165) is 36.9 Å². The van der Waals surface area contributed by atoms with E-state index in [1.165, 1.54) is 0 Å². The first-order chi connectivity index (χ1) is 16.0. The highest BCUT2D eigenvalue weighted by Crippen LogP contribution is 2.35. The molecule has 0 radical (unpaired) electrons. The van der Waals surface area contributed by atoms with E-state index in [2.05, 4.69) is 12.2 Å². The molecule has 1 aliphatic heterocycles. The van der Waals surface area contributed by atoms with E-state index in [1.54, 1.807) is 12.0 Å². The van der Waals surface area contributed by atoms with Gasteiger partial charge in [0.1, 0.15) is 13.2 Å². The average molecular weight is 453 g/mol. The molecule has 0 spiro atoms. The van der Waals surface area contributed by atoms with Crippen LogP contribution in [0.2, 0.25) is 0 Å². The summed E-state index contributed by atoms with van der Waals surface area (Å²) in [5.74, 6) is 1.49. The van der Waals surface area contributed by atoms with Crippen molar-refractivity contribution in [3.63, 3.8) is 0 Å². The number of amides is 1. The number of hydrogen-bond donors (Lipinski definition) is 1. The molecule has 0 unspecified atom stereocenters. The molecule has 2 fully saturated rings. The highest BCUT2D eigenvalue weighted by molar-refractivity contribution is 5.84. The number of methoxy groups -OCH3 is 1. The Hall–Kier alpha value is -3.22. The van der Waals surface area contributed by atoms with Crippen molar-refractivity contribution in [2.75, 3.05) is 32.1 Å². The minimum atomic E-state index is -0.273. The number of piperidine rings is 1. The Bertz CT molecular complexity index is 966. The minimum Gasteiger partial charge on any atom is -0.493 e. The molecule has 1 saturated heterocycles. The molecular formula is C26H32N2O5. The molecule has 4 rings (SSSR count). The standard InChI is InChI=1S/C26H32N2O5/c1-26(12-14-28(15-13-26)25(30)33-17-19-6-4-3-5-7-19)27-21-10-11-23(24(16-21)31-2)32-18-22(29)20-8-9-20/h3-7,10-11,16,20,27H,8-9,12-15,17-18H2,1-2H3. The highest BCUT2D eigenvalue weighted by atomic mass is 16.6. The van der Waals surface area contributed by atoms with E-state index in [4.69, 9.17) is 14.2 Å². The zero-order valence-electron chi connectivity index (χ0n) is 19.3. The maximum atomic E-state index is 12.4. The molecule has 0 bridgehead atoms. The summed E-state index contributed by atoms with van der Waals surface area (Å²) in [6.07, 6.45) is 3.27. The number of anilines is 1. The van der Waals surface area contributed by atoms with E-state index < -0.39 is 0 Å². The van der Waals surface area contributed by atoms with Crippen molar-refractivity contribution in [1.29, 1.82) is 0 Å². The van der Waals surface area contributed by atoms with E-state index >= 15 is 0 Å². The fourth-order valence-electron chi connectivity index (χ4n) is 4.00. The summed E-state index contributed by atoms with van der Waals surface area (Å²) in [5, 5.41) is 3.59. The Morgan fingerprint density at radius 1 is 1.06 bits per heavy atom. The van der Waals surface area contributed by atoms with Gasteiger partial charge in [0.2, 0.25) is 0 Å². The number of nitrogens with zero attached hydrogens (tertiary/aromatic N) is 1. The smallest absolute Gasteiger partial charge is 0.410 e. The van der Waals surface area contributed by atoms with Crippen molar-refractivity contribution < 1.29 is 23.8 Å². The van der Waals surface area contributed by atoms with Gasteiger partial charge in [0.25, 0.3) is 0 Å². The molecule has 7 heteroatoms. The number of ketones is 1. The van der Waals surface area contributed by atoms with Crippen LogP contribution in [0.5, 0.6) is 11.5 Å². The maximum absolute atomic E-state index is 12.4. The fraction of sp³-hybridized carbons (Fsp3) is 0.462. The third-order valence-electron chi connectivity index (χ3n) is 6.34. The SMILES string of the molecule is COc1cc(NC2(C)CCN(C(=O)OCc3ccccc3)CC2)ccc1OCC(=O)C1CC1. The summed E-state index contributed by atoms with van der Waals surface area (Å²) >= 11 is 0. The van der Waals surface area contributed by atoms with Crippen molar-refractivity contribution in [2.24, 2.45) is 5.92 Å². The Balaban J connectivity index is 1.28. The molecule has 176 valence electrons. The highest BCUT2D eigenvalue weighted by Gasteiger charge is 2.33. The molecule has 2 aliphatic rings. The summed E-state index contributed by atoms with van der Waals surface area (Å²) in [7, 11) is 1.59. The predicted octanol–water partition coefficient (Wildman–Crippen LogP) is 4.66. The number of carbonyl (C=O) groups is 2. The summed E-state index contributed by atoms with van der Waals surface area (Å²) < 4.78 is 16.6. The van der Waals surface area contributed by atoms with Gasteiger partial charge in [-0.15, -0.1) is 0 Å². The number of nitrogens with one attached hydrogen (secondary N) is 1. The first-order valence-corrected chi connectivity index (χ1v) is 11.5. The van der Waals surface area contributed by atoms with Crippen LogP contribution in [-0.2, 0) is 16.1 Å². The van der Waals surface area contributed by atoms with E-state index in [0.29, 0.717) is 24.6 Å². The monoisotopic (exact) mass is 452 g/mol. The van der Waals surface area contributed by atoms with Crippen LogP contribution in [0.3, 0.4) is 0 Å². The second-order valence-electron chi connectivity index (χ2n) is 9.11. The lowest BCUT2D eigenvalue weighted by Crippen LogP contribution is -2.49. The number of rotatable bonds is 9. The second-order valence-corrected chi connectivity index (χ2v) is 9.11. The molecule has 2 aromatic rings. The molecule has 1 heterocycles. The average Bonchev–Trinajstić information content (AvgIpc) is 3.68. The van der Waals surface area contributed by atoms with Crippen LogP contribution < -0.4 is 14.8 Å². The van der Waals surface area contributed by atoms with E-state index in [1.807, 2.05) is 48.5 Å². The summed E-state index contributed by atoms with van der Waals surface area (Å²) in [6.45, 7) is 3.77. The fourth-order valence-corrected chi connectivity index (χ4v) is 4.00. The van der Waals surface area contributed by atoms with Crippen LogP contribution in [0, 0.1) is 5.92 Å². The Morgan fingerprint density at radius 3 is 2.45 bits per heavy atom. The topological polar surface area (TPSA) is 77.1 Å². The Labute approximate surface area is 195 Å². The Morgan fingerprint density at radius 2 is 1.79 bits per heavy atom. The quantitative estimate of drug-likeness (QED) is 0.597. The summed E-state index contributed by atoms with van der Waals surface area (Å²) in [6, 6.07) is 15.4. The van der Waals surface area contributed by atoms with E-state index in [9.17, 15) is 9.59 Å². The normalized spacial score (nSPS) is 17.2. The van der Waals surface area contributed by atoms with Crippen molar-refractivity contribution in [2.45, 2.75) is 44.8 Å². The molecule has 2 aromatic carbocycles. The molecule has 1 N–H and O–H groups in total. The third-order valence-corrected chi connectivity index (χ3v) is 6.34. The van der Waals surface area contributed by atoms with Gasteiger partial charge in [0.05, 0.1) is 7.11 Å². The largest absolute Gasteiger partial charge is 0.493 e. The molecule has 33 heavy (non-hydrogen) atoms. The van der Waals surface area contributed by atoms with Gasteiger partial charge in [-0.2, -0.15) is 0 Å². The zero-order valence-corrected chi connectivity index (χ0v) is 19.3. The van der Waals surface area contributed by atoms with Gasteiger partial charge < -0.3 is 24.4 Å². The van der Waals surface area contributed by atoms with Gasteiger partial charge in [-0.3, -0.25) is 4.79 Å². The van der Waals surface area contributed by atoms with Gasteiger partial charge in [0.15, 0.2) is 17.3 Å². The summed E-state index contributed by atoms with van der Waals surface area (Å²) in [4.78, 5) is 26.1. The Kier molecular flexibility index (Phi) is 7.06. The van der Waals surface area contributed by atoms with Crippen LogP contribution in [-0.4, -0.2) is 49.1 Å². The van der Waals surface area contributed by atoms with E-state index in [-0.39, 0.29) is 36.5 Å². The van der Waals surface area contributed by atoms with Crippen LogP contribution >= 0.6 is 0 Å². The zero-order chi connectivity index (χ0) is 23.3. The van der Waals surface area contributed by atoms with Crippen molar-refractivity contribution >= 4 is 17.6 Å². The van der Waals surface area contributed by atoms with Crippen LogP contribution in [0.25, 0.3) is 0 Å². The second kappa shape index (κ2) is 10.1. The lowest BCUT2D eigenvalue weighted by atomic mass is 9.89. The molecule has 1 aliphatic carbocycles. The van der Waals surface area contributed by atoms with Crippen LogP contribution in [0.15, 0.2) is 48.5 Å². The minimum absolute atomic E-state index is 0.0850. The number of likely N-dealkylation sites (tertiary alicyclic amines) is 1. The van der Waals surface area contributed by atoms with Crippen molar-refractivity contribution in [3.05, 3.63) is 54.1 Å². The number of ether oxygens (including phenoxy) is 3. The van der Waals surface area contributed by atoms with Gasteiger partial charge >= 0.3 is 6.09 Å². The summed E-state index contributed by atoms with van der Waals surface area (Å²) in [5.41, 5.74) is 1.73. The lowest BCUT2D eigenvalue weighted by Gasteiger charge is -2.40. The van der Waals surface area contributed by atoms with Crippen LogP contribution in [0.4, 0.5) is 10.5 Å². The first kappa shape index (κ1) is 23.0. The van der Waals surface area contributed by atoms with Gasteiger partial charge in [-0.05, 0) is 50.3 Å². The number of carbonyl (C=O) groups excluding carboxylic acids is 2. The lowest BCUT2D eigenvalue weighted by molar-refractivity contribution is -0.122. The molecular weight excluding hydrogens is 420 g/mol. The molecule has 1 amide bonds.